The standard InChI is InChI=1S/C18H27N3O5S/c1-8(7-22)12-13-9(2)15(14(18(25)26)21(13)17(12)24)27-10-5-11(19-6-10)16(23)20(3)4/h8-13,19,22H,5-7H2,1-4H3,(H,25,26)/t8-,9+,10-,11-,12+,13+/m0/s1. The largest absolute Gasteiger partial charge is 0.477 e. The van der Waals surface area contributed by atoms with E-state index in [1.54, 1.807) is 19.0 Å². The minimum absolute atomic E-state index is 0.0147. The fourth-order valence-corrected chi connectivity index (χ4v) is 5.83. The lowest BCUT2D eigenvalue weighted by molar-refractivity contribution is -0.160. The number of β-lactam (4-membered cyclic amide) rings is 1. The number of nitrogens with one attached hydrogen (secondary N) is 1. The van der Waals surface area contributed by atoms with Crippen molar-refractivity contribution in [2.75, 3.05) is 27.2 Å². The summed E-state index contributed by atoms with van der Waals surface area (Å²) in [6.07, 6.45) is 0.625. The molecule has 0 radical (unpaired) electrons. The van der Waals surface area contributed by atoms with Crippen LogP contribution in [0, 0.1) is 17.8 Å². The first-order valence-electron chi connectivity index (χ1n) is 9.21. The molecule has 3 aliphatic heterocycles. The van der Waals surface area contributed by atoms with Gasteiger partial charge in [0.25, 0.3) is 0 Å². The Morgan fingerprint density at radius 2 is 2.07 bits per heavy atom. The predicted molar refractivity (Wildman–Crippen MR) is 101 cm³/mol. The molecular formula is C18H27N3O5S. The highest BCUT2D eigenvalue weighted by Gasteiger charge is 2.60. The van der Waals surface area contributed by atoms with Crippen LogP contribution in [0.1, 0.15) is 20.3 Å². The van der Waals surface area contributed by atoms with Crippen molar-refractivity contribution in [2.45, 2.75) is 37.6 Å². The van der Waals surface area contributed by atoms with Crippen molar-refractivity contribution in [1.82, 2.24) is 15.1 Å². The molecule has 8 nitrogen and oxygen atoms in total. The Kier molecular flexibility index (Phi) is 5.56. The molecule has 0 saturated carbocycles. The van der Waals surface area contributed by atoms with E-state index < -0.39 is 5.97 Å². The Bertz CT molecular complexity index is 694. The lowest BCUT2D eigenvalue weighted by Crippen LogP contribution is -2.62. The van der Waals surface area contributed by atoms with E-state index in [-0.39, 0.29) is 59.2 Å². The number of carbonyl (C=O) groups excluding carboxylic acids is 2. The zero-order valence-corrected chi connectivity index (χ0v) is 16.8. The molecule has 3 heterocycles. The van der Waals surface area contributed by atoms with Gasteiger partial charge in [0.05, 0.1) is 18.0 Å². The monoisotopic (exact) mass is 397 g/mol. The lowest BCUT2D eigenvalue weighted by atomic mass is 9.75. The van der Waals surface area contributed by atoms with Gasteiger partial charge in [0.2, 0.25) is 11.8 Å². The highest BCUT2D eigenvalue weighted by molar-refractivity contribution is 8.03. The quantitative estimate of drug-likeness (QED) is 0.539. The van der Waals surface area contributed by atoms with Gasteiger partial charge >= 0.3 is 5.97 Å². The van der Waals surface area contributed by atoms with E-state index in [2.05, 4.69) is 5.32 Å². The number of aliphatic carboxylic acids is 1. The summed E-state index contributed by atoms with van der Waals surface area (Å²) in [5, 5.41) is 22.4. The van der Waals surface area contributed by atoms with Gasteiger partial charge in [-0.05, 0) is 12.3 Å². The number of fused-ring (bicyclic) bond motifs is 1. The third-order valence-corrected chi connectivity index (χ3v) is 7.33. The average molecular weight is 397 g/mol. The number of hydrogen-bond donors (Lipinski definition) is 3. The summed E-state index contributed by atoms with van der Waals surface area (Å²) >= 11 is 1.47. The van der Waals surface area contributed by atoms with E-state index in [4.69, 9.17) is 0 Å². The van der Waals surface area contributed by atoms with Crippen molar-refractivity contribution in [3.05, 3.63) is 10.6 Å². The van der Waals surface area contributed by atoms with Crippen molar-refractivity contribution in [3.63, 3.8) is 0 Å². The molecule has 9 heteroatoms. The zero-order chi connectivity index (χ0) is 20.0. The smallest absolute Gasteiger partial charge is 0.353 e. The second-order valence-corrected chi connectivity index (χ2v) is 9.20. The van der Waals surface area contributed by atoms with Crippen LogP contribution in [0.5, 0.6) is 0 Å². The van der Waals surface area contributed by atoms with Crippen molar-refractivity contribution in [1.29, 1.82) is 0 Å². The second-order valence-electron chi connectivity index (χ2n) is 7.86. The Morgan fingerprint density at radius 3 is 2.63 bits per heavy atom. The van der Waals surface area contributed by atoms with Gasteiger partial charge in [0, 0.05) is 43.3 Å². The van der Waals surface area contributed by atoms with Crippen molar-refractivity contribution >= 4 is 29.5 Å². The van der Waals surface area contributed by atoms with E-state index in [1.165, 1.54) is 16.7 Å². The number of carboxylic acid groups (broad SMARTS) is 1. The summed E-state index contributed by atoms with van der Waals surface area (Å²) in [7, 11) is 3.43. The molecule has 150 valence electrons. The van der Waals surface area contributed by atoms with E-state index in [1.807, 2.05) is 13.8 Å². The molecule has 3 rings (SSSR count). The Labute approximate surface area is 163 Å². The van der Waals surface area contributed by atoms with Crippen LogP contribution < -0.4 is 5.32 Å². The maximum absolute atomic E-state index is 12.5. The molecule has 27 heavy (non-hydrogen) atoms. The van der Waals surface area contributed by atoms with Gasteiger partial charge in [0.1, 0.15) is 5.70 Å². The van der Waals surface area contributed by atoms with Gasteiger partial charge in [-0.2, -0.15) is 0 Å². The Hall–Kier alpha value is -1.58. The van der Waals surface area contributed by atoms with Crippen molar-refractivity contribution < 1.29 is 24.6 Å². The Balaban J connectivity index is 1.78. The number of carboxylic acids is 1. The highest BCUT2D eigenvalue weighted by atomic mass is 32.2. The van der Waals surface area contributed by atoms with Crippen LogP contribution in [0.3, 0.4) is 0 Å². The number of carbonyl (C=O) groups is 3. The summed E-state index contributed by atoms with van der Waals surface area (Å²) in [5.41, 5.74) is 0.0753. The van der Waals surface area contributed by atoms with E-state index in [9.17, 15) is 24.6 Å². The summed E-state index contributed by atoms with van der Waals surface area (Å²) in [6, 6.07) is -0.467. The normalized spacial score (nSPS) is 33.7. The maximum Gasteiger partial charge on any atom is 0.353 e. The average Bonchev–Trinajstić information content (AvgIpc) is 3.17. The fourth-order valence-electron chi connectivity index (χ4n) is 4.35. The molecule has 3 N–H and O–H groups in total. The van der Waals surface area contributed by atoms with Crippen LogP contribution in [-0.4, -0.2) is 82.4 Å². The minimum Gasteiger partial charge on any atom is -0.477 e. The van der Waals surface area contributed by atoms with Crippen LogP contribution in [-0.2, 0) is 14.4 Å². The molecule has 0 aromatic rings. The van der Waals surface area contributed by atoms with Gasteiger partial charge in [-0.3, -0.25) is 9.59 Å². The second kappa shape index (κ2) is 7.44. The van der Waals surface area contributed by atoms with Gasteiger partial charge in [-0.15, -0.1) is 11.8 Å². The summed E-state index contributed by atoms with van der Waals surface area (Å²) in [5.74, 6) is -1.94. The third-order valence-electron chi connectivity index (χ3n) is 5.82. The first kappa shape index (κ1) is 20.2. The molecular weight excluding hydrogens is 370 g/mol. The molecule has 3 aliphatic rings. The molecule has 0 unspecified atom stereocenters. The molecule has 0 aromatic carbocycles. The van der Waals surface area contributed by atoms with E-state index in [0.717, 1.165) is 0 Å². The topological polar surface area (TPSA) is 110 Å². The fraction of sp³-hybridized carbons (Fsp3) is 0.722. The number of amides is 2. The van der Waals surface area contributed by atoms with Gasteiger partial charge in [0.15, 0.2) is 0 Å². The van der Waals surface area contributed by atoms with Crippen LogP contribution in [0.2, 0.25) is 0 Å². The summed E-state index contributed by atoms with van der Waals surface area (Å²) < 4.78 is 0. The Morgan fingerprint density at radius 1 is 1.41 bits per heavy atom. The number of rotatable bonds is 6. The minimum atomic E-state index is -1.10. The maximum atomic E-state index is 12.5. The number of likely N-dealkylation sites (N-methyl/N-ethyl adjacent to an activating group) is 1. The first-order valence-corrected chi connectivity index (χ1v) is 10.1. The molecule has 2 saturated heterocycles. The SMILES string of the molecule is C[C@@H](CO)[C@H]1C(=O)N2C(C(=O)O)=C(S[C@@H]3CN[C@H](C(=O)N(C)C)C3)[C@H](C)[C@H]12. The number of hydrogen-bond acceptors (Lipinski definition) is 6. The van der Waals surface area contributed by atoms with E-state index in [0.29, 0.717) is 17.9 Å². The van der Waals surface area contributed by atoms with Crippen molar-refractivity contribution in [3.8, 4) is 0 Å². The van der Waals surface area contributed by atoms with Crippen LogP contribution in [0.15, 0.2) is 10.6 Å². The van der Waals surface area contributed by atoms with Gasteiger partial charge in [-0.1, -0.05) is 13.8 Å². The molecule has 0 aromatic heterocycles. The molecule has 0 aliphatic carbocycles. The first-order chi connectivity index (χ1) is 12.7. The van der Waals surface area contributed by atoms with Gasteiger partial charge < -0.3 is 25.3 Å². The van der Waals surface area contributed by atoms with Crippen LogP contribution in [0.25, 0.3) is 0 Å². The number of nitrogens with zero attached hydrogens (tertiary/aromatic N) is 2. The molecule has 6 atom stereocenters. The van der Waals surface area contributed by atoms with E-state index >= 15 is 0 Å². The number of aliphatic hydroxyl groups is 1. The molecule has 2 amide bonds. The predicted octanol–water partition coefficient (Wildman–Crippen LogP) is -0.0604. The number of thioether (sulfide) groups is 1. The number of aliphatic hydroxyl groups excluding tert-OH is 1. The highest BCUT2D eigenvalue weighted by Crippen LogP contribution is 2.52. The van der Waals surface area contributed by atoms with Crippen molar-refractivity contribution in [2.24, 2.45) is 17.8 Å². The molecule has 2 fully saturated rings. The lowest BCUT2D eigenvalue weighted by Gasteiger charge is -2.47. The van der Waals surface area contributed by atoms with Crippen LogP contribution >= 0.6 is 11.8 Å². The van der Waals surface area contributed by atoms with Crippen LogP contribution in [0.4, 0.5) is 0 Å². The molecule has 0 bridgehead atoms. The third kappa shape index (κ3) is 3.25. The zero-order valence-electron chi connectivity index (χ0n) is 16.0. The summed E-state index contributed by atoms with van der Waals surface area (Å²) in [4.78, 5) is 40.2. The molecule has 0 spiro atoms. The summed E-state index contributed by atoms with van der Waals surface area (Å²) in [6.45, 7) is 4.28. The van der Waals surface area contributed by atoms with Gasteiger partial charge in [-0.25, -0.2) is 4.79 Å².